The Kier molecular flexibility index (Phi) is 4.86. The Labute approximate surface area is 173 Å². The normalized spacial score (nSPS) is 15.5. The zero-order valence-corrected chi connectivity index (χ0v) is 16.5. The van der Waals surface area contributed by atoms with Crippen molar-refractivity contribution in [2.45, 2.75) is 38.3 Å². The van der Waals surface area contributed by atoms with Gasteiger partial charge in [-0.15, -0.1) is 0 Å². The van der Waals surface area contributed by atoms with Crippen molar-refractivity contribution in [3.63, 3.8) is 0 Å². The first kappa shape index (κ1) is 18.7. The van der Waals surface area contributed by atoms with E-state index in [4.69, 9.17) is 9.47 Å². The van der Waals surface area contributed by atoms with Gasteiger partial charge in [-0.2, -0.15) is 5.10 Å². The molecule has 1 aliphatic carbocycles. The molecule has 2 aromatic carbocycles. The van der Waals surface area contributed by atoms with E-state index >= 15 is 0 Å². The van der Waals surface area contributed by atoms with Gasteiger partial charge in [0.25, 0.3) is 5.91 Å². The molecule has 0 N–H and O–H groups in total. The fourth-order valence-electron chi connectivity index (χ4n) is 4.14. The molecule has 3 aromatic rings. The van der Waals surface area contributed by atoms with Gasteiger partial charge in [-0.05, 0) is 60.9 Å². The first-order valence-electron chi connectivity index (χ1n) is 10.2. The Morgan fingerprint density at radius 3 is 2.63 bits per heavy atom. The Morgan fingerprint density at radius 2 is 1.83 bits per heavy atom. The third kappa shape index (κ3) is 3.63. The fraction of sp³-hybridized carbons (Fsp3) is 0.304. The minimum absolute atomic E-state index is 0.0968. The van der Waals surface area contributed by atoms with E-state index in [1.807, 2.05) is 23.1 Å². The molecule has 0 radical (unpaired) electrons. The second-order valence-corrected chi connectivity index (χ2v) is 7.68. The minimum atomic E-state index is -0.307. The lowest BCUT2D eigenvalue weighted by Crippen LogP contribution is -2.38. The van der Waals surface area contributed by atoms with Crippen LogP contribution >= 0.6 is 0 Å². The lowest BCUT2D eigenvalue weighted by molar-refractivity contribution is 0.0657. The number of nitrogens with zero attached hydrogens (tertiary/aromatic N) is 3. The lowest BCUT2D eigenvalue weighted by Gasteiger charge is -2.28. The SMILES string of the molecule is O=C(c1ccn(-c2ccc(F)cc2)n1)N(Cc1ccc2c(c1)OCO2)C1CCCC1. The number of benzene rings is 2. The van der Waals surface area contributed by atoms with E-state index in [0.717, 1.165) is 37.0 Å². The number of fused-ring (bicyclic) bond motifs is 1. The van der Waals surface area contributed by atoms with Crippen LogP contribution in [0.15, 0.2) is 54.7 Å². The van der Waals surface area contributed by atoms with E-state index in [1.165, 1.54) is 12.1 Å². The average Bonchev–Trinajstić information content (AvgIpc) is 3.53. The molecule has 2 aliphatic rings. The zero-order valence-electron chi connectivity index (χ0n) is 16.5. The van der Waals surface area contributed by atoms with Crippen LogP contribution in [0.2, 0.25) is 0 Å². The number of hydrogen-bond donors (Lipinski definition) is 0. The number of aromatic nitrogens is 2. The van der Waals surface area contributed by atoms with Gasteiger partial charge < -0.3 is 14.4 Å². The summed E-state index contributed by atoms with van der Waals surface area (Å²) in [6.07, 6.45) is 5.97. The number of halogens is 1. The van der Waals surface area contributed by atoms with Gasteiger partial charge in [-0.3, -0.25) is 4.79 Å². The van der Waals surface area contributed by atoms with Gasteiger partial charge in [0, 0.05) is 18.8 Å². The lowest BCUT2D eigenvalue weighted by atomic mass is 10.1. The van der Waals surface area contributed by atoms with Crippen molar-refractivity contribution in [2.75, 3.05) is 6.79 Å². The largest absolute Gasteiger partial charge is 0.454 e. The van der Waals surface area contributed by atoms with Gasteiger partial charge in [0.15, 0.2) is 17.2 Å². The highest BCUT2D eigenvalue weighted by molar-refractivity contribution is 5.92. The van der Waals surface area contributed by atoms with Gasteiger partial charge in [-0.25, -0.2) is 9.07 Å². The minimum Gasteiger partial charge on any atom is -0.454 e. The molecule has 0 saturated heterocycles. The highest BCUT2D eigenvalue weighted by Crippen LogP contribution is 2.34. The van der Waals surface area contributed by atoms with Crippen molar-refractivity contribution in [2.24, 2.45) is 0 Å². The summed E-state index contributed by atoms with van der Waals surface area (Å²) in [6, 6.07) is 13.7. The van der Waals surface area contributed by atoms with E-state index in [1.54, 1.807) is 29.1 Å². The molecule has 7 heteroatoms. The molecule has 0 bridgehead atoms. The number of rotatable bonds is 5. The standard InChI is InChI=1S/C23H22FN3O3/c24-17-6-8-19(9-7-17)27-12-11-20(25-27)23(28)26(18-3-1-2-4-18)14-16-5-10-21-22(13-16)30-15-29-21/h5-13,18H,1-4,14-15H2. The Balaban J connectivity index is 1.40. The van der Waals surface area contributed by atoms with Crippen molar-refractivity contribution in [3.8, 4) is 17.2 Å². The van der Waals surface area contributed by atoms with Crippen LogP contribution in [0.5, 0.6) is 11.5 Å². The number of amides is 1. The molecule has 5 rings (SSSR count). The van der Waals surface area contributed by atoms with Crippen molar-refractivity contribution in [1.29, 1.82) is 0 Å². The molecule has 1 fully saturated rings. The number of hydrogen-bond acceptors (Lipinski definition) is 4. The summed E-state index contributed by atoms with van der Waals surface area (Å²) in [5, 5.41) is 4.46. The van der Waals surface area contributed by atoms with E-state index in [9.17, 15) is 9.18 Å². The molecule has 30 heavy (non-hydrogen) atoms. The monoisotopic (exact) mass is 407 g/mol. The fourth-order valence-corrected chi connectivity index (χ4v) is 4.14. The smallest absolute Gasteiger partial charge is 0.274 e. The molecule has 0 spiro atoms. The second kappa shape index (κ2) is 7.82. The molecule has 154 valence electrons. The predicted molar refractivity (Wildman–Crippen MR) is 108 cm³/mol. The molecule has 1 amide bonds. The maximum atomic E-state index is 13.4. The first-order chi connectivity index (χ1) is 14.7. The van der Waals surface area contributed by atoms with Gasteiger partial charge >= 0.3 is 0 Å². The summed E-state index contributed by atoms with van der Waals surface area (Å²) < 4.78 is 25.7. The van der Waals surface area contributed by atoms with Crippen LogP contribution in [0.4, 0.5) is 4.39 Å². The summed E-state index contributed by atoms with van der Waals surface area (Å²) >= 11 is 0. The van der Waals surface area contributed by atoms with Crippen molar-refractivity contribution in [1.82, 2.24) is 14.7 Å². The summed E-state index contributed by atoms with van der Waals surface area (Å²) in [6.45, 7) is 0.717. The van der Waals surface area contributed by atoms with Crippen molar-refractivity contribution in [3.05, 3.63) is 71.8 Å². The summed E-state index contributed by atoms with van der Waals surface area (Å²) in [4.78, 5) is 15.3. The van der Waals surface area contributed by atoms with Crippen LogP contribution in [0, 0.1) is 5.82 Å². The van der Waals surface area contributed by atoms with Gasteiger partial charge in [0.1, 0.15) is 5.82 Å². The molecule has 1 aliphatic heterocycles. The number of carbonyl (C=O) groups is 1. The third-order valence-corrected chi connectivity index (χ3v) is 5.72. The van der Waals surface area contributed by atoms with E-state index < -0.39 is 0 Å². The van der Waals surface area contributed by atoms with E-state index in [0.29, 0.717) is 23.7 Å². The number of ether oxygens (including phenoxy) is 2. The van der Waals surface area contributed by atoms with Gasteiger partial charge in [0.2, 0.25) is 6.79 Å². The Hall–Kier alpha value is -3.35. The summed E-state index contributed by atoms with van der Waals surface area (Å²) in [5.41, 5.74) is 2.09. The van der Waals surface area contributed by atoms with E-state index in [2.05, 4.69) is 5.10 Å². The first-order valence-corrected chi connectivity index (χ1v) is 10.2. The van der Waals surface area contributed by atoms with Crippen LogP contribution in [0.1, 0.15) is 41.7 Å². The highest BCUT2D eigenvalue weighted by atomic mass is 19.1. The van der Waals surface area contributed by atoms with E-state index in [-0.39, 0.29) is 24.6 Å². The van der Waals surface area contributed by atoms with Crippen LogP contribution in [0.3, 0.4) is 0 Å². The maximum Gasteiger partial charge on any atom is 0.274 e. The van der Waals surface area contributed by atoms with Crippen molar-refractivity contribution >= 4 is 5.91 Å². The number of carbonyl (C=O) groups excluding carboxylic acids is 1. The van der Waals surface area contributed by atoms with Crippen molar-refractivity contribution < 1.29 is 18.7 Å². The molecule has 6 nitrogen and oxygen atoms in total. The Morgan fingerprint density at radius 1 is 1.07 bits per heavy atom. The van der Waals surface area contributed by atoms with Crippen LogP contribution in [-0.4, -0.2) is 33.4 Å². The van der Waals surface area contributed by atoms with Crippen LogP contribution in [-0.2, 0) is 6.54 Å². The average molecular weight is 407 g/mol. The predicted octanol–water partition coefficient (Wildman–Crippen LogP) is 4.33. The quantitative estimate of drug-likeness (QED) is 0.632. The molecule has 0 unspecified atom stereocenters. The molecule has 2 heterocycles. The van der Waals surface area contributed by atoms with Crippen LogP contribution < -0.4 is 9.47 Å². The maximum absolute atomic E-state index is 13.4. The second-order valence-electron chi connectivity index (χ2n) is 7.68. The summed E-state index contributed by atoms with van der Waals surface area (Å²) in [5.74, 6) is 1.04. The summed E-state index contributed by atoms with van der Waals surface area (Å²) in [7, 11) is 0. The molecule has 1 aromatic heterocycles. The third-order valence-electron chi connectivity index (χ3n) is 5.72. The Bertz CT molecular complexity index is 1060. The van der Waals surface area contributed by atoms with Gasteiger partial charge in [0.05, 0.1) is 5.69 Å². The molecular weight excluding hydrogens is 385 g/mol. The zero-order chi connectivity index (χ0) is 20.5. The van der Waals surface area contributed by atoms with Gasteiger partial charge in [-0.1, -0.05) is 18.9 Å². The highest BCUT2D eigenvalue weighted by Gasteiger charge is 2.29. The molecule has 1 saturated carbocycles. The molecular formula is C23H22FN3O3. The van der Waals surface area contributed by atoms with Crippen LogP contribution in [0.25, 0.3) is 5.69 Å². The molecule has 0 atom stereocenters. The topological polar surface area (TPSA) is 56.6 Å².